The SMILES string of the molecule is COCCN1C(=O)Cc2ccccc2C1C(=O)NC(C)C. The Bertz CT molecular complexity index is 528. The first kappa shape index (κ1) is 15.5. The summed E-state index contributed by atoms with van der Waals surface area (Å²) in [6.45, 7) is 4.65. The van der Waals surface area contributed by atoms with Gasteiger partial charge in [-0.15, -0.1) is 0 Å². The molecule has 5 heteroatoms. The molecule has 5 nitrogen and oxygen atoms in total. The lowest BCUT2D eigenvalue weighted by Gasteiger charge is -2.36. The standard InChI is InChI=1S/C16H22N2O3/c1-11(2)17-16(20)15-13-7-5-4-6-12(13)10-14(19)18(15)8-9-21-3/h4-7,11,15H,8-10H2,1-3H3,(H,17,20). The number of fused-ring (bicyclic) bond motifs is 1. The molecule has 0 spiro atoms. The van der Waals surface area contributed by atoms with Crippen LogP contribution in [0, 0.1) is 0 Å². The summed E-state index contributed by atoms with van der Waals surface area (Å²) in [5.41, 5.74) is 1.84. The highest BCUT2D eigenvalue weighted by atomic mass is 16.5. The van der Waals surface area contributed by atoms with E-state index >= 15 is 0 Å². The molecule has 2 amide bonds. The molecule has 21 heavy (non-hydrogen) atoms. The van der Waals surface area contributed by atoms with Crippen LogP contribution in [0.1, 0.15) is 31.0 Å². The Morgan fingerprint density at radius 2 is 2.14 bits per heavy atom. The molecule has 0 saturated heterocycles. The minimum Gasteiger partial charge on any atom is -0.383 e. The van der Waals surface area contributed by atoms with Crippen LogP contribution in [0.4, 0.5) is 0 Å². The van der Waals surface area contributed by atoms with Gasteiger partial charge < -0.3 is 15.0 Å². The predicted molar refractivity (Wildman–Crippen MR) is 79.8 cm³/mol. The molecule has 1 aliphatic rings. The van der Waals surface area contributed by atoms with Gasteiger partial charge in [0.25, 0.3) is 0 Å². The molecule has 1 aromatic rings. The Balaban J connectivity index is 2.36. The van der Waals surface area contributed by atoms with Crippen molar-refractivity contribution in [3.63, 3.8) is 0 Å². The van der Waals surface area contributed by atoms with Crippen molar-refractivity contribution >= 4 is 11.8 Å². The largest absolute Gasteiger partial charge is 0.383 e. The lowest BCUT2D eigenvalue weighted by molar-refractivity contribution is -0.142. The van der Waals surface area contributed by atoms with E-state index in [1.807, 2.05) is 38.1 Å². The molecule has 0 aliphatic carbocycles. The Hall–Kier alpha value is -1.88. The van der Waals surface area contributed by atoms with Crippen molar-refractivity contribution in [3.05, 3.63) is 35.4 Å². The molecule has 0 fully saturated rings. The molecule has 1 aromatic carbocycles. The number of amides is 2. The number of hydrogen-bond donors (Lipinski definition) is 1. The van der Waals surface area contributed by atoms with Crippen molar-refractivity contribution in [3.8, 4) is 0 Å². The maximum atomic E-state index is 12.5. The molecule has 0 radical (unpaired) electrons. The van der Waals surface area contributed by atoms with E-state index in [1.54, 1.807) is 12.0 Å². The van der Waals surface area contributed by atoms with Crippen molar-refractivity contribution in [1.82, 2.24) is 10.2 Å². The molecule has 0 saturated carbocycles. The van der Waals surface area contributed by atoms with E-state index in [9.17, 15) is 9.59 Å². The number of ether oxygens (including phenoxy) is 1. The van der Waals surface area contributed by atoms with Crippen LogP contribution in [-0.4, -0.2) is 43.0 Å². The average Bonchev–Trinajstić information content (AvgIpc) is 2.43. The first-order valence-corrected chi connectivity index (χ1v) is 7.21. The van der Waals surface area contributed by atoms with E-state index in [4.69, 9.17) is 4.74 Å². The van der Waals surface area contributed by atoms with Crippen LogP contribution >= 0.6 is 0 Å². The van der Waals surface area contributed by atoms with E-state index in [0.717, 1.165) is 11.1 Å². The van der Waals surface area contributed by atoms with Gasteiger partial charge in [0.1, 0.15) is 6.04 Å². The molecular weight excluding hydrogens is 268 g/mol. The highest BCUT2D eigenvalue weighted by Crippen LogP contribution is 2.30. The fourth-order valence-corrected chi connectivity index (χ4v) is 2.63. The van der Waals surface area contributed by atoms with Gasteiger partial charge in [0.05, 0.1) is 13.0 Å². The molecule has 1 N–H and O–H groups in total. The van der Waals surface area contributed by atoms with Crippen LogP contribution in [0.2, 0.25) is 0 Å². The molecule has 1 heterocycles. The molecule has 1 atom stereocenters. The Labute approximate surface area is 125 Å². The van der Waals surface area contributed by atoms with E-state index in [0.29, 0.717) is 19.6 Å². The summed E-state index contributed by atoms with van der Waals surface area (Å²) in [7, 11) is 1.59. The zero-order valence-corrected chi connectivity index (χ0v) is 12.8. The van der Waals surface area contributed by atoms with Crippen LogP contribution in [-0.2, 0) is 20.7 Å². The molecular formula is C16H22N2O3. The third kappa shape index (κ3) is 3.42. The second kappa shape index (κ2) is 6.72. The molecule has 1 unspecified atom stereocenters. The minimum absolute atomic E-state index is 0.0327. The fourth-order valence-electron chi connectivity index (χ4n) is 2.63. The summed E-state index contributed by atoms with van der Waals surface area (Å²) < 4.78 is 5.06. The number of rotatable bonds is 5. The van der Waals surface area contributed by atoms with Crippen LogP contribution in [0.15, 0.2) is 24.3 Å². The van der Waals surface area contributed by atoms with Crippen molar-refractivity contribution < 1.29 is 14.3 Å². The lowest BCUT2D eigenvalue weighted by Crippen LogP contribution is -2.49. The Kier molecular flexibility index (Phi) is 4.96. The van der Waals surface area contributed by atoms with Gasteiger partial charge in [0.15, 0.2) is 0 Å². The topological polar surface area (TPSA) is 58.6 Å². The highest BCUT2D eigenvalue weighted by Gasteiger charge is 2.36. The van der Waals surface area contributed by atoms with E-state index in [1.165, 1.54) is 0 Å². The van der Waals surface area contributed by atoms with Gasteiger partial charge in [-0.1, -0.05) is 24.3 Å². The van der Waals surface area contributed by atoms with Crippen molar-refractivity contribution in [2.75, 3.05) is 20.3 Å². The molecule has 0 aromatic heterocycles. The summed E-state index contributed by atoms with van der Waals surface area (Å²) in [5, 5.41) is 2.91. The van der Waals surface area contributed by atoms with Crippen LogP contribution in [0.3, 0.4) is 0 Å². The van der Waals surface area contributed by atoms with Gasteiger partial charge in [-0.05, 0) is 25.0 Å². The number of carbonyl (C=O) groups is 2. The van der Waals surface area contributed by atoms with Gasteiger partial charge in [0.2, 0.25) is 11.8 Å². The number of methoxy groups -OCH3 is 1. The summed E-state index contributed by atoms with van der Waals surface area (Å²) in [6, 6.07) is 7.10. The molecule has 114 valence electrons. The predicted octanol–water partition coefficient (Wildman–Crippen LogP) is 1.28. The van der Waals surface area contributed by atoms with E-state index in [2.05, 4.69) is 5.32 Å². The van der Waals surface area contributed by atoms with E-state index < -0.39 is 6.04 Å². The fraction of sp³-hybridized carbons (Fsp3) is 0.500. The van der Waals surface area contributed by atoms with Gasteiger partial charge in [-0.25, -0.2) is 0 Å². The van der Waals surface area contributed by atoms with Crippen molar-refractivity contribution in [2.24, 2.45) is 0 Å². The number of carbonyl (C=O) groups excluding carboxylic acids is 2. The van der Waals surface area contributed by atoms with Gasteiger partial charge in [-0.2, -0.15) is 0 Å². The monoisotopic (exact) mass is 290 g/mol. The number of benzene rings is 1. The number of nitrogens with one attached hydrogen (secondary N) is 1. The third-order valence-corrected chi connectivity index (χ3v) is 3.54. The zero-order valence-electron chi connectivity index (χ0n) is 12.8. The quantitative estimate of drug-likeness (QED) is 0.889. The number of nitrogens with zero attached hydrogens (tertiary/aromatic N) is 1. The Morgan fingerprint density at radius 3 is 2.81 bits per heavy atom. The summed E-state index contributed by atoms with van der Waals surface area (Å²) >= 11 is 0. The maximum absolute atomic E-state index is 12.5. The molecule has 2 rings (SSSR count). The lowest BCUT2D eigenvalue weighted by atomic mass is 9.91. The normalized spacial score (nSPS) is 17.8. The van der Waals surface area contributed by atoms with Gasteiger partial charge in [0, 0.05) is 19.7 Å². The first-order chi connectivity index (χ1) is 10.0. The summed E-state index contributed by atoms with van der Waals surface area (Å²) in [4.78, 5) is 26.5. The van der Waals surface area contributed by atoms with Gasteiger partial charge >= 0.3 is 0 Å². The summed E-state index contributed by atoms with van der Waals surface area (Å²) in [5.74, 6) is -0.170. The minimum atomic E-state index is -0.569. The summed E-state index contributed by atoms with van der Waals surface area (Å²) in [6.07, 6.45) is 0.339. The molecule has 1 aliphatic heterocycles. The second-order valence-electron chi connectivity index (χ2n) is 5.52. The average molecular weight is 290 g/mol. The molecule has 0 bridgehead atoms. The smallest absolute Gasteiger partial charge is 0.247 e. The highest BCUT2D eigenvalue weighted by molar-refractivity contribution is 5.92. The third-order valence-electron chi connectivity index (χ3n) is 3.54. The maximum Gasteiger partial charge on any atom is 0.247 e. The van der Waals surface area contributed by atoms with Crippen LogP contribution in [0.5, 0.6) is 0 Å². The van der Waals surface area contributed by atoms with Gasteiger partial charge in [-0.3, -0.25) is 9.59 Å². The second-order valence-corrected chi connectivity index (χ2v) is 5.52. The zero-order chi connectivity index (χ0) is 15.4. The van der Waals surface area contributed by atoms with Crippen LogP contribution < -0.4 is 5.32 Å². The van der Waals surface area contributed by atoms with E-state index in [-0.39, 0.29) is 17.9 Å². The Morgan fingerprint density at radius 1 is 1.43 bits per heavy atom. The van der Waals surface area contributed by atoms with Crippen molar-refractivity contribution in [1.29, 1.82) is 0 Å². The first-order valence-electron chi connectivity index (χ1n) is 7.21. The number of hydrogen-bond acceptors (Lipinski definition) is 3. The van der Waals surface area contributed by atoms with Crippen molar-refractivity contribution in [2.45, 2.75) is 32.4 Å². The van der Waals surface area contributed by atoms with Crippen LogP contribution in [0.25, 0.3) is 0 Å².